The molecule has 2 saturated heterocycles. The van der Waals surface area contributed by atoms with E-state index < -0.39 is 6.10 Å². The van der Waals surface area contributed by atoms with Crippen molar-refractivity contribution >= 4 is 0 Å². The van der Waals surface area contributed by atoms with Gasteiger partial charge in [-0.25, -0.2) is 0 Å². The first-order chi connectivity index (χ1) is 12.6. The number of para-hydroxylation sites is 1. The maximum Gasteiger partial charge on any atom is 0.137 e. The summed E-state index contributed by atoms with van der Waals surface area (Å²) in [5.74, 6) is 1.33. The van der Waals surface area contributed by atoms with E-state index >= 15 is 0 Å². The molecule has 0 aliphatic carbocycles. The lowest BCUT2D eigenvalue weighted by Gasteiger charge is -2.31. The van der Waals surface area contributed by atoms with E-state index in [1.54, 1.807) is 4.90 Å². The van der Waals surface area contributed by atoms with E-state index in [2.05, 4.69) is 19.9 Å². The average Bonchev–Trinajstić information content (AvgIpc) is 3.15. The fraction of sp³-hybridized carbons (Fsp3) is 0.714. The fourth-order valence-corrected chi connectivity index (χ4v) is 4.16. The summed E-state index contributed by atoms with van der Waals surface area (Å²) in [4.78, 5) is 3.16. The highest BCUT2D eigenvalue weighted by atomic mass is 16.5. The molecule has 0 amide bonds. The van der Waals surface area contributed by atoms with E-state index in [0.717, 1.165) is 38.5 Å². The van der Waals surface area contributed by atoms with Gasteiger partial charge in [0.05, 0.1) is 0 Å². The van der Waals surface area contributed by atoms with Gasteiger partial charge in [0.15, 0.2) is 0 Å². The van der Waals surface area contributed by atoms with Crippen LogP contribution in [0.4, 0.5) is 0 Å². The third-order valence-corrected chi connectivity index (χ3v) is 5.70. The summed E-state index contributed by atoms with van der Waals surface area (Å²) >= 11 is 0. The van der Waals surface area contributed by atoms with Gasteiger partial charge in [0.25, 0.3) is 0 Å². The van der Waals surface area contributed by atoms with Crippen molar-refractivity contribution in [1.29, 1.82) is 0 Å². The van der Waals surface area contributed by atoms with Crippen molar-refractivity contribution in [2.24, 2.45) is 0 Å². The molecule has 0 aromatic heterocycles. The SMILES string of the molecule is CC(C)c1ccccc1OC[C@H](O)C[NH+]1CC[NH+](C[C@H]2CCCO2)CC1. The standard InChI is InChI=1S/C21H34N2O3/c1-17(2)20-7-3-4-8-21(20)26-16-18(24)14-22-9-11-23(12-10-22)15-19-6-5-13-25-19/h3-4,7-8,17-19,24H,5-6,9-16H2,1-2H3/p+2/t18-,19-/m1/s1. The van der Waals surface area contributed by atoms with Crippen molar-refractivity contribution in [3.8, 4) is 5.75 Å². The Bertz CT molecular complexity index is 538. The second-order valence-corrected chi connectivity index (χ2v) is 8.20. The number of quaternary nitrogens is 2. The van der Waals surface area contributed by atoms with Crippen LogP contribution < -0.4 is 14.5 Å². The van der Waals surface area contributed by atoms with Crippen LogP contribution in [0.3, 0.4) is 0 Å². The van der Waals surface area contributed by atoms with Crippen molar-refractivity contribution in [2.75, 3.05) is 52.5 Å². The highest BCUT2D eigenvalue weighted by Crippen LogP contribution is 2.25. The summed E-state index contributed by atoms with van der Waals surface area (Å²) in [6.45, 7) is 12.2. The van der Waals surface area contributed by atoms with E-state index in [9.17, 15) is 5.11 Å². The molecule has 26 heavy (non-hydrogen) atoms. The maximum absolute atomic E-state index is 10.4. The van der Waals surface area contributed by atoms with Gasteiger partial charge in [-0.2, -0.15) is 0 Å². The van der Waals surface area contributed by atoms with Crippen molar-refractivity contribution in [2.45, 2.75) is 44.8 Å². The van der Waals surface area contributed by atoms with Crippen molar-refractivity contribution in [3.05, 3.63) is 29.8 Å². The van der Waals surface area contributed by atoms with Crippen LogP contribution in [0.25, 0.3) is 0 Å². The Morgan fingerprint density at radius 1 is 1.15 bits per heavy atom. The Morgan fingerprint density at radius 2 is 1.88 bits per heavy atom. The topological polar surface area (TPSA) is 47.6 Å². The molecular formula is C21H36N2O3+2. The molecular weight excluding hydrogens is 328 g/mol. The lowest BCUT2D eigenvalue weighted by molar-refractivity contribution is -1.01. The van der Waals surface area contributed by atoms with Crippen LogP contribution in [0.15, 0.2) is 24.3 Å². The Balaban J connectivity index is 1.37. The maximum atomic E-state index is 10.4. The van der Waals surface area contributed by atoms with E-state index in [1.807, 2.05) is 18.2 Å². The summed E-state index contributed by atoms with van der Waals surface area (Å²) in [6.07, 6.45) is 2.52. The number of rotatable bonds is 8. The molecule has 146 valence electrons. The van der Waals surface area contributed by atoms with E-state index in [4.69, 9.17) is 9.47 Å². The third kappa shape index (κ3) is 5.68. The molecule has 2 aliphatic rings. The molecule has 0 unspecified atom stereocenters. The van der Waals surface area contributed by atoms with Gasteiger partial charge in [0, 0.05) is 6.61 Å². The first-order valence-electron chi connectivity index (χ1n) is 10.3. The van der Waals surface area contributed by atoms with Crippen molar-refractivity contribution in [1.82, 2.24) is 0 Å². The van der Waals surface area contributed by atoms with Gasteiger partial charge in [0.2, 0.25) is 0 Å². The number of nitrogens with one attached hydrogen (secondary N) is 2. The molecule has 2 fully saturated rings. The molecule has 2 atom stereocenters. The van der Waals surface area contributed by atoms with Gasteiger partial charge in [-0.1, -0.05) is 32.0 Å². The molecule has 5 heteroatoms. The van der Waals surface area contributed by atoms with Crippen LogP contribution in [-0.4, -0.2) is 69.8 Å². The number of hydrogen-bond acceptors (Lipinski definition) is 3. The molecule has 0 bridgehead atoms. The first kappa shape index (κ1) is 19.6. The van der Waals surface area contributed by atoms with Crippen LogP contribution >= 0.6 is 0 Å². The quantitative estimate of drug-likeness (QED) is 0.584. The van der Waals surface area contributed by atoms with Crippen LogP contribution in [0, 0.1) is 0 Å². The molecule has 5 nitrogen and oxygen atoms in total. The molecule has 3 N–H and O–H groups in total. The summed E-state index contributed by atoms with van der Waals surface area (Å²) in [7, 11) is 0. The zero-order valence-corrected chi connectivity index (χ0v) is 16.4. The number of aliphatic hydroxyl groups is 1. The second-order valence-electron chi connectivity index (χ2n) is 8.20. The minimum atomic E-state index is -0.412. The molecule has 2 aliphatic heterocycles. The monoisotopic (exact) mass is 364 g/mol. The number of aliphatic hydroxyl groups excluding tert-OH is 1. The van der Waals surface area contributed by atoms with Crippen LogP contribution in [0.5, 0.6) is 5.75 Å². The lowest BCUT2D eigenvalue weighted by Crippen LogP contribution is -3.28. The summed E-state index contributed by atoms with van der Waals surface area (Å²) in [5.41, 5.74) is 1.21. The number of ether oxygens (including phenoxy) is 2. The second kappa shape index (κ2) is 9.70. The van der Waals surface area contributed by atoms with Gasteiger partial charge >= 0.3 is 0 Å². The zero-order chi connectivity index (χ0) is 18.4. The fourth-order valence-electron chi connectivity index (χ4n) is 4.16. The Hall–Kier alpha value is -1.14. The predicted molar refractivity (Wildman–Crippen MR) is 102 cm³/mol. The van der Waals surface area contributed by atoms with Crippen LogP contribution in [0.2, 0.25) is 0 Å². The molecule has 0 saturated carbocycles. The van der Waals surface area contributed by atoms with E-state index in [1.165, 1.54) is 36.4 Å². The van der Waals surface area contributed by atoms with Gasteiger partial charge in [0.1, 0.15) is 63.8 Å². The van der Waals surface area contributed by atoms with Crippen LogP contribution in [0.1, 0.15) is 38.2 Å². The zero-order valence-electron chi connectivity index (χ0n) is 16.4. The van der Waals surface area contributed by atoms with E-state index in [0.29, 0.717) is 18.6 Å². The molecule has 1 aromatic rings. The summed E-state index contributed by atoms with van der Waals surface area (Å²) in [6, 6.07) is 8.14. The number of piperazine rings is 1. The predicted octanol–water partition coefficient (Wildman–Crippen LogP) is -0.488. The van der Waals surface area contributed by atoms with Crippen molar-refractivity contribution in [3.63, 3.8) is 0 Å². The number of hydrogen-bond donors (Lipinski definition) is 3. The summed E-state index contributed by atoms with van der Waals surface area (Å²) < 4.78 is 11.7. The Kier molecular flexibility index (Phi) is 7.32. The Morgan fingerprint density at radius 3 is 2.58 bits per heavy atom. The molecule has 0 radical (unpaired) electrons. The molecule has 1 aromatic carbocycles. The first-order valence-corrected chi connectivity index (χ1v) is 10.3. The van der Waals surface area contributed by atoms with E-state index in [-0.39, 0.29) is 0 Å². The van der Waals surface area contributed by atoms with Gasteiger partial charge in [-0.05, 0) is 30.4 Å². The van der Waals surface area contributed by atoms with Gasteiger partial charge < -0.3 is 24.4 Å². The highest BCUT2D eigenvalue weighted by Gasteiger charge is 2.28. The summed E-state index contributed by atoms with van der Waals surface area (Å²) in [5, 5.41) is 10.4. The molecule has 3 rings (SSSR count). The molecule has 0 spiro atoms. The lowest BCUT2D eigenvalue weighted by atomic mass is 10.0. The normalized spacial score (nSPS) is 27.6. The average molecular weight is 365 g/mol. The largest absolute Gasteiger partial charge is 0.490 e. The van der Waals surface area contributed by atoms with Crippen LogP contribution in [-0.2, 0) is 4.74 Å². The number of benzene rings is 1. The van der Waals surface area contributed by atoms with Gasteiger partial charge in [-0.3, -0.25) is 0 Å². The molecule has 2 heterocycles. The van der Waals surface area contributed by atoms with Gasteiger partial charge in [-0.15, -0.1) is 0 Å². The minimum Gasteiger partial charge on any atom is -0.490 e. The smallest absolute Gasteiger partial charge is 0.137 e. The van der Waals surface area contributed by atoms with Crippen molar-refractivity contribution < 1.29 is 24.4 Å². The third-order valence-electron chi connectivity index (χ3n) is 5.70. The Labute approximate surface area is 157 Å². The minimum absolute atomic E-state index is 0.375. The highest BCUT2D eigenvalue weighted by molar-refractivity contribution is 5.35.